The van der Waals surface area contributed by atoms with Gasteiger partial charge in [-0.2, -0.15) is 11.8 Å². The summed E-state index contributed by atoms with van der Waals surface area (Å²) in [5, 5.41) is 3.48. The van der Waals surface area contributed by atoms with E-state index in [9.17, 15) is 8.42 Å². The lowest BCUT2D eigenvalue weighted by Gasteiger charge is -2.41. The molecule has 3 aliphatic rings. The zero-order valence-electron chi connectivity index (χ0n) is 12.8. The van der Waals surface area contributed by atoms with Gasteiger partial charge in [-0.15, -0.1) is 0 Å². The third-order valence-corrected chi connectivity index (χ3v) is 8.51. The standard InChI is InChI=1S/C15H27NO3S2/c1-16-14(8-12-3-7-21(17,18)10-12)13-2-5-19-15(9-13)4-6-20-11-15/h12-14,16H,2-11H2,1H3. The molecule has 0 radical (unpaired) electrons. The minimum absolute atomic E-state index is 0.116. The molecule has 3 aliphatic heterocycles. The largest absolute Gasteiger partial charge is 0.374 e. The van der Waals surface area contributed by atoms with Gasteiger partial charge in [-0.25, -0.2) is 8.42 Å². The monoisotopic (exact) mass is 333 g/mol. The summed E-state index contributed by atoms with van der Waals surface area (Å²) >= 11 is 2.01. The Morgan fingerprint density at radius 3 is 2.90 bits per heavy atom. The normalized spacial score (nSPS) is 40.6. The molecular weight excluding hydrogens is 306 g/mol. The van der Waals surface area contributed by atoms with Gasteiger partial charge in [0.2, 0.25) is 0 Å². The first kappa shape index (κ1) is 16.1. The van der Waals surface area contributed by atoms with Crippen molar-refractivity contribution >= 4 is 21.6 Å². The van der Waals surface area contributed by atoms with Crippen LogP contribution in [0.5, 0.6) is 0 Å². The van der Waals surface area contributed by atoms with E-state index in [1.54, 1.807) is 0 Å². The molecule has 0 aliphatic carbocycles. The van der Waals surface area contributed by atoms with Gasteiger partial charge >= 0.3 is 0 Å². The highest BCUT2D eigenvalue weighted by atomic mass is 32.2. The predicted molar refractivity (Wildman–Crippen MR) is 87.6 cm³/mol. The van der Waals surface area contributed by atoms with Crippen LogP contribution in [-0.2, 0) is 14.6 Å². The summed E-state index contributed by atoms with van der Waals surface area (Å²) in [4.78, 5) is 0. The number of sulfone groups is 1. The Morgan fingerprint density at radius 1 is 1.43 bits per heavy atom. The van der Waals surface area contributed by atoms with Gasteiger partial charge in [0.15, 0.2) is 9.84 Å². The molecule has 3 rings (SSSR count). The van der Waals surface area contributed by atoms with Crippen LogP contribution in [0, 0.1) is 11.8 Å². The quantitative estimate of drug-likeness (QED) is 0.849. The maximum Gasteiger partial charge on any atom is 0.150 e. The Morgan fingerprint density at radius 2 is 2.29 bits per heavy atom. The fourth-order valence-corrected chi connectivity index (χ4v) is 7.49. The Kier molecular flexibility index (Phi) is 4.89. The number of hydrogen-bond acceptors (Lipinski definition) is 5. The number of thioether (sulfide) groups is 1. The summed E-state index contributed by atoms with van der Waals surface area (Å²) in [5.41, 5.74) is 0.116. The predicted octanol–water partition coefficient (Wildman–Crippen LogP) is 1.70. The molecule has 3 fully saturated rings. The summed E-state index contributed by atoms with van der Waals surface area (Å²) < 4.78 is 29.4. The van der Waals surface area contributed by atoms with Crippen LogP contribution >= 0.6 is 11.8 Å². The van der Waals surface area contributed by atoms with Gasteiger partial charge in [-0.1, -0.05) is 0 Å². The van der Waals surface area contributed by atoms with E-state index in [4.69, 9.17) is 4.74 Å². The van der Waals surface area contributed by atoms with Crippen molar-refractivity contribution < 1.29 is 13.2 Å². The van der Waals surface area contributed by atoms with Gasteiger partial charge in [-0.3, -0.25) is 0 Å². The van der Waals surface area contributed by atoms with E-state index in [0.29, 0.717) is 29.4 Å². The first-order chi connectivity index (χ1) is 10.0. The number of rotatable bonds is 4. The van der Waals surface area contributed by atoms with E-state index in [0.717, 1.165) is 38.0 Å². The first-order valence-electron chi connectivity index (χ1n) is 8.11. The Bertz CT molecular complexity index is 460. The van der Waals surface area contributed by atoms with E-state index in [2.05, 4.69) is 5.32 Å². The fourth-order valence-electron chi connectivity index (χ4n) is 4.24. The Hall–Kier alpha value is 0.220. The lowest BCUT2D eigenvalue weighted by molar-refractivity contribution is -0.0857. The van der Waals surface area contributed by atoms with Crippen molar-refractivity contribution in [3.05, 3.63) is 0 Å². The molecule has 4 atom stereocenters. The molecule has 122 valence electrons. The maximum atomic E-state index is 11.6. The summed E-state index contributed by atoms with van der Waals surface area (Å²) in [6, 6.07) is 0.440. The summed E-state index contributed by atoms with van der Waals surface area (Å²) in [6.07, 6.45) is 5.29. The van der Waals surface area contributed by atoms with Crippen LogP contribution in [-0.4, -0.2) is 56.7 Å². The van der Waals surface area contributed by atoms with E-state index >= 15 is 0 Å². The van der Waals surface area contributed by atoms with Gasteiger partial charge in [0.05, 0.1) is 17.1 Å². The van der Waals surface area contributed by atoms with Gasteiger partial charge < -0.3 is 10.1 Å². The smallest absolute Gasteiger partial charge is 0.150 e. The van der Waals surface area contributed by atoms with Gasteiger partial charge in [0.25, 0.3) is 0 Å². The minimum atomic E-state index is -2.76. The summed E-state index contributed by atoms with van der Waals surface area (Å²) in [6.45, 7) is 0.867. The molecule has 0 aromatic rings. The highest BCUT2D eigenvalue weighted by Crippen LogP contribution is 2.42. The third kappa shape index (κ3) is 3.77. The number of ether oxygens (including phenoxy) is 1. The maximum absolute atomic E-state index is 11.6. The Balaban J connectivity index is 1.60. The van der Waals surface area contributed by atoms with Gasteiger partial charge in [0.1, 0.15) is 0 Å². The molecule has 1 N–H and O–H groups in total. The van der Waals surface area contributed by atoms with Crippen molar-refractivity contribution in [1.29, 1.82) is 0 Å². The number of nitrogens with one attached hydrogen (secondary N) is 1. The lowest BCUT2D eigenvalue weighted by Crippen LogP contribution is -2.47. The zero-order chi connectivity index (χ0) is 14.9. The summed E-state index contributed by atoms with van der Waals surface area (Å²) in [5.74, 6) is 4.13. The van der Waals surface area contributed by atoms with E-state index in [-0.39, 0.29) is 5.60 Å². The average Bonchev–Trinajstić information content (AvgIpc) is 3.03. The molecule has 6 heteroatoms. The van der Waals surface area contributed by atoms with Gasteiger partial charge in [0, 0.05) is 18.4 Å². The van der Waals surface area contributed by atoms with Crippen molar-refractivity contribution in [2.75, 3.05) is 36.7 Å². The highest BCUT2D eigenvalue weighted by molar-refractivity contribution is 7.99. The second-order valence-corrected chi connectivity index (χ2v) is 10.3. The molecule has 3 saturated heterocycles. The molecule has 0 aromatic carbocycles. The lowest BCUT2D eigenvalue weighted by atomic mass is 9.78. The number of hydrogen-bond donors (Lipinski definition) is 1. The van der Waals surface area contributed by atoms with E-state index < -0.39 is 9.84 Å². The van der Waals surface area contributed by atoms with Crippen LogP contribution in [0.4, 0.5) is 0 Å². The second kappa shape index (κ2) is 6.38. The molecular formula is C15H27NO3S2. The van der Waals surface area contributed by atoms with Crippen molar-refractivity contribution in [3.8, 4) is 0 Å². The van der Waals surface area contributed by atoms with Crippen molar-refractivity contribution in [2.24, 2.45) is 11.8 Å². The molecule has 1 spiro atoms. The zero-order valence-corrected chi connectivity index (χ0v) is 14.5. The molecule has 0 aromatic heterocycles. The SMILES string of the molecule is CNC(CC1CCS(=O)(=O)C1)C1CCOC2(CCSC2)C1. The first-order valence-corrected chi connectivity index (χ1v) is 11.1. The molecule has 0 amide bonds. The van der Waals surface area contributed by atoms with Crippen LogP contribution in [0.3, 0.4) is 0 Å². The molecule has 3 heterocycles. The third-order valence-electron chi connectivity index (χ3n) is 5.45. The van der Waals surface area contributed by atoms with Crippen LogP contribution in [0.15, 0.2) is 0 Å². The van der Waals surface area contributed by atoms with Gasteiger partial charge in [-0.05, 0) is 56.7 Å². The highest BCUT2D eigenvalue weighted by Gasteiger charge is 2.43. The van der Waals surface area contributed by atoms with E-state index in [1.165, 1.54) is 12.2 Å². The topological polar surface area (TPSA) is 55.4 Å². The molecule has 0 bridgehead atoms. The Labute approximate surface area is 132 Å². The molecule has 21 heavy (non-hydrogen) atoms. The van der Waals surface area contributed by atoms with Crippen LogP contribution in [0.25, 0.3) is 0 Å². The van der Waals surface area contributed by atoms with Crippen molar-refractivity contribution in [2.45, 2.75) is 43.7 Å². The fraction of sp³-hybridized carbons (Fsp3) is 1.00. The van der Waals surface area contributed by atoms with Crippen LogP contribution in [0.2, 0.25) is 0 Å². The average molecular weight is 334 g/mol. The van der Waals surface area contributed by atoms with Crippen LogP contribution < -0.4 is 5.32 Å². The molecule has 0 saturated carbocycles. The van der Waals surface area contributed by atoms with Crippen LogP contribution in [0.1, 0.15) is 32.1 Å². The van der Waals surface area contributed by atoms with E-state index in [1.807, 2.05) is 18.8 Å². The minimum Gasteiger partial charge on any atom is -0.374 e. The van der Waals surface area contributed by atoms with Crippen molar-refractivity contribution in [3.63, 3.8) is 0 Å². The molecule has 4 unspecified atom stereocenters. The van der Waals surface area contributed by atoms with Crippen molar-refractivity contribution in [1.82, 2.24) is 5.32 Å². The second-order valence-electron chi connectivity index (χ2n) is 6.99. The molecule has 4 nitrogen and oxygen atoms in total. The summed E-state index contributed by atoms with van der Waals surface area (Å²) in [7, 11) is -0.731.